The second-order valence-electron chi connectivity index (χ2n) is 29.6. The molecule has 0 radical (unpaired) electrons. The van der Waals surface area contributed by atoms with Crippen LogP contribution in [0.5, 0.6) is 0 Å². The first-order chi connectivity index (χ1) is 42.6. The lowest BCUT2D eigenvalue weighted by Crippen LogP contribution is -2.62. The Balaban J connectivity index is 1.08. The van der Waals surface area contributed by atoms with Gasteiger partial charge in [0.25, 0.3) is 6.71 Å². The molecule has 3 heterocycles. The molecule has 3 aliphatic rings. The van der Waals surface area contributed by atoms with Crippen molar-refractivity contribution in [1.29, 1.82) is 0 Å². The summed E-state index contributed by atoms with van der Waals surface area (Å²) in [5.74, 6) is 0. The van der Waals surface area contributed by atoms with Crippen molar-refractivity contribution in [2.45, 2.75) is 117 Å². The van der Waals surface area contributed by atoms with Gasteiger partial charge >= 0.3 is 0 Å². The highest BCUT2D eigenvalue weighted by molar-refractivity contribution is 7.01. The first-order valence-corrected chi connectivity index (χ1v) is 32.0. The number of para-hydroxylation sites is 2. The van der Waals surface area contributed by atoms with Crippen LogP contribution >= 0.6 is 0 Å². The summed E-state index contributed by atoms with van der Waals surface area (Å²) in [6, 6.07) is 93.3. The van der Waals surface area contributed by atoms with E-state index in [-0.39, 0.29) is 28.4 Å². The quantitative estimate of drug-likeness (QED) is 0.148. The van der Waals surface area contributed by atoms with E-state index >= 15 is 0 Å². The van der Waals surface area contributed by atoms with Crippen LogP contribution in [0.2, 0.25) is 0 Å². The Hall–Kier alpha value is -9.32. The van der Waals surface area contributed by atoms with Crippen LogP contribution in [0.15, 0.2) is 243 Å². The lowest BCUT2D eigenvalue weighted by atomic mass is 9.32. The molecule has 438 valence electrons. The van der Waals surface area contributed by atoms with Crippen LogP contribution in [0, 0.1) is 0 Å². The van der Waals surface area contributed by atoms with E-state index < -0.39 is 5.41 Å². The first kappa shape index (κ1) is 56.2. The SMILES string of the molecule is CC(C)(C)c1ccc(N(c2ccc(C(C)(C)C)cc2)c2ccc3c(c2)N(c2ccc(C(C)(C)C)cc2)c2cccc4c2B3c2c(cc(-n3c5ccccc5c5ccccc53)c3c2-c2ccccc2C3(C)c2ccccc2)N4c2ccc(C(C)(C)C)cc2)cc1. The normalized spacial score (nSPS) is 15.2. The molecule has 2 aliphatic heterocycles. The summed E-state index contributed by atoms with van der Waals surface area (Å²) in [5.41, 5.74) is 28.8. The van der Waals surface area contributed by atoms with Gasteiger partial charge in [0.15, 0.2) is 0 Å². The molecular formula is C84H79BN4. The fraction of sp³-hybridized carbons (Fsp3) is 0.214. The van der Waals surface area contributed by atoms with Gasteiger partial charge in [-0.15, -0.1) is 0 Å². The van der Waals surface area contributed by atoms with Crippen LogP contribution in [-0.4, -0.2) is 11.3 Å². The van der Waals surface area contributed by atoms with Crippen LogP contribution in [0.4, 0.5) is 51.2 Å². The van der Waals surface area contributed by atoms with Gasteiger partial charge in [0.05, 0.1) is 16.7 Å². The van der Waals surface area contributed by atoms with Gasteiger partial charge in [-0.25, -0.2) is 0 Å². The van der Waals surface area contributed by atoms with Crippen molar-refractivity contribution < 1.29 is 0 Å². The molecule has 4 nitrogen and oxygen atoms in total. The lowest BCUT2D eigenvalue weighted by molar-refractivity contribution is 0.590. The van der Waals surface area contributed by atoms with Crippen LogP contribution in [0.1, 0.15) is 129 Å². The third-order valence-corrected chi connectivity index (χ3v) is 19.9. The summed E-state index contributed by atoms with van der Waals surface area (Å²) in [6.07, 6.45) is 0. The molecule has 89 heavy (non-hydrogen) atoms. The molecule has 1 aromatic heterocycles. The number of aromatic nitrogens is 1. The zero-order valence-electron chi connectivity index (χ0n) is 54.0. The standard InChI is InChI=1S/C84H79BN4/c1-80(2,3)54-34-42-59(43-35-54)86(60-44-36-55(37-45-60)81(4,5)6)63-50-51-68-73(52-63)87(61-46-38-56(39-47-61)82(7,8)9)71-32-23-33-72-78(71)85(68)79-75(88(72)62-48-40-57(41-49-62)83(10,11)12)53-74(89-69-30-21-18-26-64(69)65-27-19-22-31-70(65)89)77-76(79)66-28-17-20-29-67(66)84(77,13)58-24-15-14-16-25-58/h14-53H,1-13H3. The molecule has 1 aliphatic carbocycles. The maximum atomic E-state index is 2.63. The Morgan fingerprint density at radius 1 is 0.360 bits per heavy atom. The predicted octanol–water partition coefficient (Wildman–Crippen LogP) is 20.9. The van der Waals surface area contributed by atoms with Crippen molar-refractivity contribution in [3.05, 3.63) is 282 Å². The molecule has 0 N–H and O–H groups in total. The molecule has 0 saturated heterocycles. The summed E-state index contributed by atoms with van der Waals surface area (Å²) >= 11 is 0. The van der Waals surface area contributed by atoms with Crippen LogP contribution in [0.25, 0.3) is 38.6 Å². The Bertz CT molecular complexity index is 4640. The van der Waals surface area contributed by atoms with E-state index in [9.17, 15) is 0 Å². The summed E-state index contributed by atoms with van der Waals surface area (Å²) in [7, 11) is 0. The highest BCUT2D eigenvalue weighted by Crippen LogP contribution is 2.58. The average Bonchev–Trinajstić information content (AvgIpc) is 1.63. The lowest BCUT2D eigenvalue weighted by Gasteiger charge is -2.45. The van der Waals surface area contributed by atoms with E-state index in [1.807, 2.05) is 0 Å². The van der Waals surface area contributed by atoms with Crippen LogP contribution < -0.4 is 31.1 Å². The molecule has 11 aromatic carbocycles. The maximum absolute atomic E-state index is 2.63. The number of hydrogen-bond donors (Lipinski definition) is 0. The van der Waals surface area contributed by atoms with E-state index in [0.717, 1.165) is 34.1 Å². The predicted molar refractivity (Wildman–Crippen MR) is 382 cm³/mol. The highest BCUT2D eigenvalue weighted by Gasteiger charge is 2.51. The number of hydrogen-bond acceptors (Lipinski definition) is 3. The maximum Gasteiger partial charge on any atom is 0.252 e. The molecule has 0 saturated carbocycles. The largest absolute Gasteiger partial charge is 0.311 e. The van der Waals surface area contributed by atoms with E-state index in [1.165, 1.54) is 111 Å². The van der Waals surface area contributed by atoms with Crippen molar-refractivity contribution in [1.82, 2.24) is 4.57 Å². The Morgan fingerprint density at radius 2 is 0.798 bits per heavy atom. The van der Waals surface area contributed by atoms with Gasteiger partial charge in [-0.2, -0.15) is 0 Å². The third kappa shape index (κ3) is 8.85. The Kier molecular flexibility index (Phi) is 12.7. The molecule has 1 unspecified atom stereocenters. The second-order valence-corrected chi connectivity index (χ2v) is 29.6. The van der Waals surface area contributed by atoms with Gasteiger partial charge in [-0.1, -0.05) is 235 Å². The van der Waals surface area contributed by atoms with E-state index in [4.69, 9.17) is 0 Å². The molecule has 1 atom stereocenters. The van der Waals surface area contributed by atoms with Gasteiger partial charge in [0.2, 0.25) is 0 Å². The Labute approximate surface area is 527 Å². The summed E-state index contributed by atoms with van der Waals surface area (Å²) in [4.78, 5) is 7.69. The molecule has 0 spiro atoms. The number of fused-ring (bicyclic) bond motifs is 11. The number of rotatable bonds is 7. The van der Waals surface area contributed by atoms with Gasteiger partial charge in [0.1, 0.15) is 0 Å². The third-order valence-electron chi connectivity index (χ3n) is 19.9. The molecule has 12 aromatic rings. The summed E-state index contributed by atoms with van der Waals surface area (Å²) < 4.78 is 2.60. The fourth-order valence-electron chi connectivity index (χ4n) is 15.1. The summed E-state index contributed by atoms with van der Waals surface area (Å²) in [5, 5.41) is 2.49. The van der Waals surface area contributed by atoms with Gasteiger partial charge in [-0.3, -0.25) is 0 Å². The van der Waals surface area contributed by atoms with Crippen molar-refractivity contribution in [3.63, 3.8) is 0 Å². The van der Waals surface area contributed by atoms with E-state index in [0.29, 0.717) is 0 Å². The van der Waals surface area contributed by atoms with Crippen molar-refractivity contribution in [2.75, 3.05) is 14.7 Å². The Morgan fingerprint density at radius 3 is 1.30 bits per heavy atom. The van der Waals surface area contributed by atoms with Crippen molar-refractivity contribution >= 4 is 96.1 Å². The van der Waals surface area contributed by atoms with Gasteiger partial charge in [0, 0.05) is 67.4 Å². The van der Waals surface area contributed by atoms with Crippen molar-refractivity contribution in [2.24, 2.45) is 0 Å². The first-order valence-electron chi connectivity index (χ1n) is 32.0. The zero-order valence-corrected chi connectivity index (χ0v) is 54.0. The van der Waals surface area contributed by atoms with Crippen molar-refractivity contribution in [3.8, 4) is 16.8 Å². The fourth-order valence-corrected chi connectivity index (χ4v) is 15.1. The number of anilines is 9. The molecule has 5 heteroatoms. The molecule has 15 rings (SSSR count). The second kappa shape index (κ2) is 20.1. The molecule has 0 amide bonds. The van der Waals surface area contributed by atoms with Crippen LogP contribution in [-0.2, 0) is 27.1 Å². The zero-order chi connectivity index (χ0) is 61.7. The molecular weight excluding hydrogens is 1080 g/mol. The molecule has 0 bridgehead atoms. The topological polar surface area (TPSA) is 14.7 Å². The van der Waals surface area contributed by atoms with E-state index in [1.54, 1.807) is 0 Å². The minimum Gasteiger partial charge on any atom is -0.311 e. The van der Waals surface area contributed by atoms with E-state index in [2.05, 4.69) is 352 Å². The summed E-state index contributed by atoms with van der Waals surface area (Å²) in [6.45, 7) is 30.0. The minimum atomic E-state index is -0.559. The average molecular weight is 1160 g/mol. The molecule has 0 fully saturated rings. The smallest absolute Gasteiger partial charge is 0.252 e. The number of nitrogens with zero attached hydrogens (tertiary/aromatic N) is 4. The highest BCUT2D eigenvalue weighted by atomic mass is 15.2. The monoisotopic (exact) mass is 1150 g/mol. The van der Waals surface area contributed by atoms with Gasteiger partial charge < -0.3 is 19.3 Å². The minimum absolute atomic E-state index is 0.00398. The number of benzene rings is 11. The van der Waals surface area contributed by atoms with Gasteiger partial charge in [-0.05, 0) is 186 Å². The van der Waals surface area contributed by atoms with Crippen LogP contribution in [0.3, 0.4) is 0 Å².